The normalized spacial score (nSPS) is 23.4. The molecule has 1 amide bonds. The van der Waals surface area contributed by atoms with Crippen molar-refractivity contribution in [1.82, 2.24) is 29.5 Å². The summed E-state index contributed by atoms with van der Waals surface area (Å²) in [5.74, 6) is -0.109. The predicted molar refractivity (Wildman–Crippen MR) is 199 cm³/mol. The second-order valence-corrected chi connectivity index (χ2v) is 15.9. The summed E-state index contributed by atoms with van der Waals surface area (Å²) in [4.78, 5) is 28.7. The molecule has 4 aromatic rings. The Labute approximate surface area is 309 Å². The maximum absolute atomic E-state index is 17.3. The van der Waals surface area contributed by atoms with Gasteiger partial charge in [0, 0.05) is 73.0 Å². The topological polar surface area (TPSA) is 107 Å². The Bertz CT molecular complexity index is 1960. The van der Waals surface area contributed by atoms with E-state index in [4.69, 9.17) is 40.6 Å². The van der Waals surface area contributed by atoms with Crippen molar-refractivity contribution in [2.75, 3.05) is 57.9 Å². The highest BCUT2D eigenvalue weighted by atomic mass is 35.5. The van der Waals surface area contributed by atoms with E-state index in [1.807, 2.05) is 71.6 Å². The van der Waals surface area contributed by atoms with Gasteiger partial charge in [0.1, 0.15) is 41.4 Å². The van der Waals surface area contributed by atoms with E-state index >= 15 is 4.39 Å². The minimum absolute atomic E-state index is 0.0366. The van der Waals surface area contributed by atoms with E-state index in [2.05, 4.69) is 14.8 Å². The van der Waals surface area contributed by atoms with Gasteiger partial charge in [-0.25, -0.2) is 13.9 Å². The van der Waals surface area contributed by atoms with Gasteiger partial charge in [-0.3, -0.25) is 0 Å². The van der Waals surface area contributed by atoms with Gasteiger partial charge in [0.05, 0.1) is 11.6 Å². The van der Waals surface area contributed by atoms with Crippen molar-refractivity contribution >= 4 is 45.3 Å². The number of halogens is 2. The monoisotopic (exact) mass is 737 g/mol. The van der Waals surface area contributed by atoms with Crippen molar-refractivity contribution in [1.29, 1.82) is 0 Å². The van der Waals surface area contributed by atoms with Crippen LogP contribution < -0.4 is 9.64 Å². The number of rotatable bonds is 6. The molecule has 3 saturated heterocycles. The Hall–Kier alpha value is -3.78. The third-order valence-electron chi connectivity index (χ3n) is 10.1. The van der Waals surface area contributed by atoms with Gasteiger partial charge >= 0.3 is 12.1 Å². The number of morpholine rings is 1. The molecule has 0 radical (unpaired) electrons. The van der Waals surface area contributed by atoms with Crippen LogP contribution in [-0.4, -0.2) is 112 Å². The van der Waals surface area contributed by atoms with Gasteiger partial charge in [-0.1, -0.05) is 23.7 Å². The van der Waals surface area contributed by atoms with Crippen LogP contribution in [0.2, 0.25) is 5.02 Å². The minimum Gasteiger partial charge on any atom is -0.461 e. The van der Waals surface area contributed by atoms with E-state index in [-0.39, 0.29) is 59.2 Å². The molecule has 3 fully saturated rings. The van der Waals surface area contributed by atoms with Crippen molar-refractivity contribution in [3.8, 4) is 17.1 Å². The lowest BCUT2D eigenvalue weighted by atomic mass is 9.96. The van der Waals surface area contributed by atoms with Crippen molar-refractivity contribution < 1.29 is 28.1 Å². The fraction of sp³-hybridized carbons (Fsp3) is 0.579. The van der Waals surface area contributed by atoms with Gasteiger partial charge in [0.25, 0.3) is 0 Å². The van der Waals surface area contributed by atoms with Gasteiger partial charge in [0.15, 0.2) is 5.82 Å². The van der Waals surface area contributed by atoms with E-state index in [1.54, 1.807) is 11.0 Å². The summed E-state index contributed by atoms with van der Waals surface area (Å²) in [5, 5.41) is 6.46. The van der Waals surface area contributed by atoms with Crippen molar-refractivity contribution in [3.63, 3.8) is 0 Å². The average molecular weight is 738 g/mol. The van der Waals surface area contributed by atoms with E-state index in [9.17, 15) is 4.79 Å². The second-order valence-electron chi connectivity index (χ2n) is 15.4. The molecular formula is C38H49ClFN7O5. The summed E-state index contributed by atoms with van der Waals surface area (Å²) in [6, 6.07) is 5.30. The lowest BCUT2D eigenvalue weighted by Gasteiger charge is -2.45. The van der Waals surface area contributed by atoms with Crippen molar-refractivity contribution in [3.05, 3.63) is 40.8 Å². The zero-order valence-corrected chi connectivity index (χ0v) is 31.9. The molecule has 3 aliphatic heterocycles. The first-order valence-corrected chi connectivity index (χ1v) is 18.6. The first-order valence-electron chi connectivity index (χ1n) is 18.3. The summed E-state index contributed by atoms with van der Waals surface area (Å²) in [5.41, 5.74) is 1.75. The Morgan fingerprint density at radius 3 is 2.58 bits per heavy atom. The van der Waals surface area contributed by atoms with Gasteiger partial charge in [-0.05, 0) is 79.5 Å². The molecular weight excluding hydrogens is 689 g/mol. The van der Waals surface area contributed by atoms with Crippen molar-refractivity contribution in [2.45, 2.75) is 90.8 Å². The molecule has 0 spiro atoms. The molecule has 0 aliphatic carbocycles. The number of piperazine rings is 1. The number of carbonyl (C=O) groups is 1. The van der Waals surface area contributed by atoms with Gasteiger partial charge in [0.2, 0.25) is 0 Å². The van der Waals surface area contributed by atoms with Gasteiger partial charge in [-0.15, -0.1) is 0 Å². The maximum atomic E-state index is 17.3. The number of benzene rings is 2. The third kappa shape index (κ3) is 7.37. The van der Waals surface area contributed by atoms with Gasteiger partial charge < -0.3 is 33.6 Å². The number of nitrogens with zero attached hydrogens (tertiary/aromatic N) is 7. The number of hydrogen-bond acceptors (Lipinski definition) is 10. The molecule has 52 heavy (non-hydrogen) atoms. The number of aromatic nitrogens is 4. The Kier molecular flexibility index (Phi) is 10.2. The summed E-state index contributed by atoms with van der Waals surface area (Å²) in [6.07, 6.45) is 4.17. The molecule has 4 atom stereocenters. The van der Waals surface area contributed by atoms with Crippen molar-refractivity contribution in [2.24, 2.45) is 0 Å². The second kappa shape index (κ2) is 14.6. The predicted octanol–water partition coefficient (Wildman–Crippen LogP) is 6.99. The summed E-state index contributed by atoms with van der Waals surface area (Å²) in [7, 11) is 2.04. The van der Waals surface area contributed by atoms with Crippen LogP contribution in [-0.2, 0) is 14.2 Å². The fourth-order valence-electron chi connectivity index (χ4n) is 7.41. The fourth-order valence-corrected chi connectivity index (χ4v) is 7.69. The third-order valence-corrected chi connectivity index (χ3v) is 10.4. The molecule has 2 aromatic carbocycles. The SMILES string of the molecule is Cc1ccc2cn(C3CCCCO3)nc2c1-c1c(Cl)cc2c(N3C[C@@H](C)N(C(=O)OC(C)(C)C)C[C@@H]3C)nc(OC[C@@H]3CN(C)CCO3)nc2c1F. The van der Waals surface area contributed by atoms with Crippen LogP contribution in [0.4, 0.5) is 15.0 Å². The molecule has 0 bridgehead atoms. The van der Waals surface area contributed by atoms with Crippen LogP contribution in [0.3, 0.4) is 0 Å². The van der Waals surface area contributed by atoms with E-state index in [0.29, 0.717) is 55.1 Å². The smallest absolute Gasteiger partial charge is 0.410 e. The van der Waals surface area contributed by atoms with E-state index in [0.717, 1.165) is 36.8 Å². The first kappa shape index (κ1) is 36.6. The Balaban J connectivity index is 1.32. The van der Waals surface area contributed by atoms with Crippen LogP contribution in [0.5, 0.6) is 6.01 Å². The number of likely N-dealkylation sites (N-methyl/N-ethyl adjacent to an activating group) is 1. The van der Waals surface area contributed by atoms with Crippen LogP contribution >= 0.6 is 11.6 Å². The highest BCUT2D eigenvalue weighted by molar-refractivity contribution is 6.35. The molecule has 14 heteroatoms. The molecule has 1 unspecified atom stereocenters. The summed E-state index contributed by atoms with van der Waals surface area (Å²) >= 11 is 7.09. The number of anilines is 1. The lowest BCUT2D eigenvalue weighted by molar-refractivity contribution is -0.0416. The number of carbonyl (C=O) groups excluding carboxylic acids is 1. The summed E-state index contributed by atoms with van der Waals surface area (Å²) < 4.78 is 43.0. The Morgan fingerprint density at radius 1 is 1.04 bits per heavy atom. The number of amides is 1. The first-order chi connectivity index (χ1) is 24.8. The summed E-state index contributed by atoms with van der Waals surface area (Å²) in [6.45, 7) is 15.3. The number of fused-ring (bicyclic) bond motifs is 2. The zero-order valence-electron chi connectivity index (χ0n) is 31.1. The molecule has 280 valence electrons. The highest BCUT2D eigenvalue weighted by Gasteiger charge is 2.37. The molecule has 3 aliphatic rings. The zero-order chi connectivity index (χ0) is 36.9. The number of aryl methyl sites for hydroxylation is 1. The number of ether oxygens (including phenoxy) is 4. The molecule has 7 rings (SSSR count). The molecule has 0 N–H and O–H groups in total. The van der Waals surface area contributed by atoms with E-state index < -0.39 is 11.4 Å². The lowest BCUT2D eigenvalue weighted by Crippen LogP contribution is -2.59. The molecule has 2 aromatic heterocycles. The molecule has 0 saturated carbocycles. The minimum atomic E-state index is -0.625. The van der Waals surface area contributed by atoms with Gasteiger partial charge in [-0.2, -0.15) is 15.1 Å². The molecule has 12 nitrogen and oxygen atoms in total. The largest absolute Gasteiger partial charge is 0.461 e. The Morgan fingerprint density at radius 2 is 1.85 bits per heavy atom. The number of hydrogen-bond donors (Lipinski definition) is 0. The quantitative estimate of drug-likeness (QED) is 0.206. The maximum Gasteiger partial charge on any atom is 0.410 e. The standard InChI is InChI=1S/C38H49ClFN7O5/c1-22-11-12-25-19-47(29-10-8-9-14-50-29)43-33(25)30(22)31-28(39)16-27-34(32(31)40)41-36(51-21-26-20-44(7)13-15-49-26)42-35(27)45-17-24(3)46(18-23(45)2)37(48)52-38(4,5)6/h11-12,16,19,23-24,26,29H,8-10,13-15,17-18,20-21H2,1-7H3/t23-,24+,26-,29?/m0/s1. The van der Waals surface area contributed by atoms with E-state index in [1.165, 1.54) is 0 Å². The van der Waals surface area contributed by atoms with Crippen LogP contribution in [0.25, 0.3) is 32.9 Å². The molecule has 5 heterocycles. The van der Waals surface area contributed by atoms with Crippen LogP contribution in [0.15, 0.2) is 24.4 Å². The highest BCUT2D eigenvalue weighted by Crippen LogP contribution is 2.43. The average Bonchev–Trinajstić information content (AvgIpc) is 3.53. The van der Waals surface area contributed by atoms with Crippen LogP contribution in [0, 0.1) is 12.7 Å². The van der Waals surface area contributed by atoms with Crippen LogP contribution in [0.1, 0.15) is 65.7 Å².